The zero-order valence-electron chi connectivity index (χ0n) is 18.1. The SMILES string of the molecule is CCn1cnnc1CN(C)C(=O)C1C2C(=O)N(Cc3cccc(C)c3)C[C@@]23C=C[C@@H]1O3. The Hall–Kier alpha value is -3.00. The van der Waals surface area contributed by atoms with Gasteiger partial charge in [0.05, 0.1) is 31.0 Å². The third-order valence-corrected chi connectivity index (χ3v) is 6.71. The number of fused-ring (bicyclic) bond motifs is 1. The zero-order chi connectivity index (χ0) is 21.8. The van der Waals surface area contributed by atoms with Crippen LogP contribution in [0.1, 0.15) is 23.9 Å². The van der Waals surface area contributed by atoms with E-state index in [2.05, 4.69) is 16.3 Å². The van der Waals surface area contributed by atoms with Gasteiger partial charge in [-0.3, -0.25) is 9.59 Å². The molecule has 2 unspecified atom stereocenters. The number of benzene rings is 1. The maximum atomic E-state index is 13.4. The highest BCUT2D eigenvalue weighted by molar-refractivity contribution is 5.93. The lowest BCUT2D eigenvalue weighted by atomic mass is 9.76. The third kappa shape index (κ3) is 3.17. The maximum absolute atomic E-state index is 13.4. The average molecular weight is 422 g/mol. The van der Waals surface area contributed by atoms with E-state index in [0.717, 1.165) is 23.5 Å². The third-order valence-electron chi connectivity index (χ3n) is 6.71. The molecule has 8 heteroatoms. The van der Waals surface area contributed by atoms with E-state index in [4.69, 9.17) is 4.74 Å². The largest absolute Gasteiger partial charge is 0.360 e. The van der Waals surface area contributed by atoms with Gasteiger partial charge in [-0.15, -0.1) is 10.2 Å². The van der Waals surface area contributed by atoms with Crippen molar-refractivity contribution in [3.05, 3.63) is 59.7 Å². The molecule has 3 aliphatic rings. The van der Waals surface area contributed by atoms with E-state index in [1.165, 1.54) is 0 Å². The van der Waals surface area contributed by atoms with Crippen LogP contribution in [0.3, 0.4) is 0 Å². The average Bonchev–Trinajstić information content (AvgIpc) is 3.49. The van der Waals surface area contributed by atoms with Crippen molar-refractivity contribution < 1.29 is 14.3 Å². The number of hydrogen-bond acceptors (Lipinski definition) is 5. The van der Waals surface area contributed by atoms with Gasteiger partial charge in [0, 0.05) is 20.1 Å². The van der Waals surface area contributed by atoms with Crippen molar-refractivity contribution in [1.82, 2.24) is 24.6 Å². The molecule has 0 N–H and O–H groups in total. The number of hydrogen-bond donors (Lipinski definition) is 0. The van der Waals surface area contributed by atoms with Gasteiger partial charge in [-0.2, -0.15) is 0 Å². The zero-order valence-corrected chi connectivity index (χ0v) is 18.1. The van der Waals surface area contributed by atoms with Crippen LogP contribution in [0.2, 0.25) is 0 Å². The second-order valence-corrected chi connectivity index (χ2v) is 8.81. The Kier molecular flexibility index (Phi) is 4.69. The van der Waals surface area contributed by atoms with E-state index in [1.54, 1.807) is 18.3 Å². The van der Waals surface area contributed by atoms with Crippen LogP contribution >= 0.6 is 0 Å². The fraction of sp³-hybridized carbons (Fsp3) is 0.478. The molecule has 1 spiro atoms. The summed E-state index contributed by atoms with van der Waals surface area (Å²) >= 11 is 0. The maximum Gasteiger partial charge on any atom is 0.230 e. The van der Waals surface area contributed by atoms with Crippen LogP contribution in [0.5, 0.6) is 0 Å². The minimum atomic E-state index is -0.698. The van der Waals surface area contributed by atoms with E-state index in [-0.39, 0.29) is 17.9 Å². The van der Waals surface area contributed by atoms with Gasteiger partial charge in [0.15, 0.2) is 5.82 Å². The highest BCUT2D eigenvalue weighted by Gasteiger charge is 2.67. The summed E-state index contributed by atoms with van der Waals surface area (Å²) in [6, 6.07) is 8.16. The lowest BCUT2D eigenvalue weighted by Crippen LogP contribution is -2.44. The molecule has 31 heavy (non-hydrogen) atoms. The predicted molar refractivity (Wildman–Crippen MR) is 112 cm³/mol. The number of ether oxygens (including phenoxy) is 1. The predicted octanol–water partition coefficient (Wildman–Crippen LogP) is 1.55. The highest BCUT2D eigenvalue weighted by Crippen LogP contribution is 2.52. The Morgan fingerprint density at radius 1 is 1.39 bits per heavy atom. The summed E-state index contributed by atoms with van der Waals surface area (Å²) in [6.45, 7) is 6.14. The van der Waals surface area contributed by atoms with Gasteiger partial charge in [-0.25, -0.2) is 0 Å². The lowest BCUT2D eigenvalue weighted by Gasteiger charge is -2.27. The molecule has 2 amide bonds. The van der Waals surface area contributed by atoms with Crippen molar-refractivity contribution in [3.8, 4) is 0 Å². The van der Waals surface area contributed by atoms with Crippen molar-refractivity contribution in [2.75, 3.05) is 13.6 Å². The molecule has 2 aromatic rings. The molecule has 4 atom stereocenters. The molecule has 3 aliphatic heterocycles. The molecule has 0 aliphatic carbocycles. The standard InChI is InChI=1S/C23H27N5O3/c1-4-27-14-24-25-18(27)12-26(3)21(29)19-17-8-9-23(31-17)13-28(22(30)20(19)23)11-16-7-5-6-15(2)10-16/h5-10,14,17,19-20H,4,11-13H2,1-3H3/t17-,19?,20?,23-/m0/s1. The first-order chi connectivity index (χ1) is 14.9. The summed E-state index contributed by atoms with van der Waals surface area (Å²) in [6.07, 6.45) is 5.25. The Bertz CT molecular complexity index is 1060. The van der Waals surface area contributed by atoms with Crippen LogP contribution in [0.4, 0.5) is 0 Å². The van der Waals surface area contributed by atoms with Crippen LogP contribution in [-0.4, -0.2) is 61.7 Å². The topological polar surface area (TPSA) is 80.6 Å². The Labute approximate surface area is 181 Å². The van der Waals surface area contributed by atoms with Gasteiger partial charge < -0.3 is 19.1 Å². The molecule has 2 saturated heterocycles. The van der Waals surface area contributed by atoms with Gasteiger partial charge in [-0.05, 0) is 19.4 Å². The van der Waals surface area contributed by atoms with Gasteiger partial charge >= 0.3 is 0 Å². The minimum Gasteiger partial charge on any atom is -0.360 e. The van der Waals surface area contributed by atoms with Gasteiger partial charge in [0.25, 0.3) is 0 Å². The van der Waals surface area contributed by atoms with E-state index in [9.17, 15) is 9.59 Å². The number of rotatable bonds is 6. The molecule has 162 valence electrons. The van der Waals surface area contributed by atoms with E-state index >= 15 is 0 Å². The molecule has 2 bridgehead atoms. The number of aromatic nitrogens is 3. The van der Waals surface area contributed by atoms with Crippen molar-refractivity contribution in [2.24, 2.45) is 11.8 Å². The minimum absolute atomic E-state index is 0.00293. The van der Waals surface area contributed by atoms with Crippen LogP contribution in [-0.2, 0) is 34.0 Å². The van der Waals surface area contributed by atoms with Crippen LogP contribution in [0.25, 0.3) is 0 Å². The molecular formula is C23H27N5O3. The van der Waals surface area contributed by atoms with E-state index < -0.39 is 17.4 Å². The molecule has 1 aromatic heterocycles. The van der Waals surface area contributed by atoms with Crippen LogP contribution < -0.4 is 0 Å². The summed E-state index contributed by atoms with van der Waals surface area (Å²) in [5.74, 6) is -0.352. The number of carbonyl (C=O) groups is 2. The molecule has 1 aromatic carbocycles. The second kappa shape index (κ2) is 7.30. The smallest absolute Gasteiger partial charge is 0.230 e. The summed E-state index contributed by atoms with van der Waals surface area (Å²) in [5, 5.41) is 8.07. The van der Waals surface area contributed by atoms with Crippen molar-refractivity contribution >= 4 is 11.8 Å². The van der Waals surface area contributed by atoms with Crippen molar-refractivity contribution in [2.45, 2.75) is 45.2 Å². The van der Waals surface area contributed by atoms with Crippen molar-refractivity contribution in [3.63, 3.8) is 0 Å². The molecule has 4 heterocycles. The number of likely N-dealkylation sites (tertiary alicyclic amines) is 1. The first-order valence-corrected chi connectivity index (χ1v) is 10.7. The van der Waals surface area contributed by atoms with Crippen LogP contribution in [0, 0.1) is 18.8 Å². The quantitative estimate of drug-likeness (QED) is 0.661. The van der Waals surface area contributed by atoms with Gasteiger partial charge in [0.1, 0.15) is 11.9 Å². The van der Waals surface area contributed by atoms with Crippen LogP contribution in [0.15, 0.2) is 42.7 Å². The molecule has 5 rings (SSSR count). The fourth-order valence-electron chi connectivity index (χ4n) is 5.23. The van der Waals surface area contributed by atoms with Crippen molar-refractivity contribution in [1.29, 1.82) is 0 Å². The highest BCUT2D eigenvalue weighted by atomic mass is 16.5. The molecular weight excluding hydrogens is 394 g/mol. The monoisotopic (exact) mass is 421 g/mol. The van der Waals surface area contributed by atoms with Gasteiger partial charge in [0.2, 0.25) is 11.8 Å². The molecule has 8 nitrogen and oxygen atoms in total. The Morgan fingerprint density at radius 2 is 2.23 bits per heavy atom. The molecule has 2 fully saturated rings. The lowest BCUT2D eigenvalue weighted by molar-refractivity contribution is -0.143. The van der Waals surface area contributed by atoms with E-state index in [1.807, 2.05) is 53.7 Å². The Balaban J connectivity index is 1.36. The van der Waals surface area contributed by atoms with Gasteiger partial charge in [-0.1, -0.05) is 42.0 Å². The first-order valence-electron chi connectivity index (χ1n) is 10.7. The number of carbonyl (C=O) groups excluding carboxylic acids is 2. The summed E-state index contributed by atoms with van der Waals surface area (Å²) in [7, 11) is 1.75. The number of nitrogens with zero attached hydrogens (tertiary/aromatic N) is 5. The number of aryl methyl sites for hydroxylation is 2. The fourth-order valence-corrected chi connectivity index (χ4v) is 5.23. The number of amides is 2. The normalized spacial score (nSPS) is 28.4. The second-order valence-electron chi connectivity index (χ2n) is 8.81. The summed E-state index contributed by atoms with van der Waals surface area (Å²) < 4.78 is 8.17. The molecule has 0 radical (unpaired) electrons. The summed E-state index contributed by atoms with van der Waals surface area (Å²) in [5.41, 5.74) is 1.55. The van der Waals surface area contributed by atoms with E-state index in [0.29, 0.717) is 19.6 Å². The molecule has 0 saturated carbocycles. The Morgan fingerprint density at radius 3 is 3.00 bits per heavy atom. The first kappa shape index (κ1) is 19.9. The summed E-state index contributed by atoms with van der Waals surface area (Å²) in [4.78, 5) is 30.3.